The fourth-order valence-corrected chi connectivity index (χ4v) is 5.47. The molecule has 1 aromatic heterocycles. The van der Waals surface area contributed by atoms with E-state index in [0.29, 0.717) is 31.2 Å². The molecule has 2 heterocycles. The molecule has 7 heteroatoms. The molecule has 2 amide bonds. The van der Waals surface area contributed by atoms with Gasteiger partial charge >= 0.3 is 0 Å². The number of fused-ring (bicyclic) bond motifs is 1. The SMILES string of the molecule is Cc1ccc(OC[C@@H]2c3ccsc3CCN2C(=O)CN(CC2CC2)C(=O)c2ccc(F)cc2)cc1. The minimum Gasteiger partial charge on any atom is -0.491 e. The van der Waals surface area contributed by atoms with Crippen molar-refractivity contribution in [2.45, 2.75) is 32.2 Å². The Balaban J connectivity index is 1.33. The number of rotatable bonds is 8. The van der Waals surface area contributed by atoms with Crippen LogP contribution in [-0.4, -0.2) is 47.9 Å². The number of aryl methyl sites for hydroxylation is 1. The fourth-order valence-electron chi connectivity index (χ4n) is 4.54. The molecular weight excluding hydrogens is 463 g/mol. The van der Waals surface area contributed by atoms with Gasteiger partial charge in [0.05, 0.1) is 6.04 Å². The average molecular weight is 493 g/mol. The number of nitrogens with zero attached hydrogens (tertiary/aromatic N) is 2. The van der Waals surface area contributed by atoms with Crippen molar-refractivity contribution in [3.8, 4) is 5.75 Å². The van der Waals surface area contributed by atoms with Gasteiger partial charge in [0.15, 0.2) is 0 Å². The molecule has 35 heavy (non-hydrogen) atoms. The second-order valence-corrected chi connectivity index (χ2v) is 10.4. The van der Waals surface area contributed by atoms with E-state index in [1.54, 1.807) is 16.2 Å². The maximum absolute atomic E-state index is 13.6. The van der Waals surface area contributed by atoms with Gasteiger partial charge in [-0.3, -0.25) is 9.59 Å². The summed E-state index contributed by atoms with van der Waals surface area (Å²) in [6.07, 6.45) is 2.93. The van der Waals surface area contributed by atoms with Gasteiger partial charge in [0.2, 0.25) is 5.91 Å². The summed E-state index contributed by atoms with van der Waals surface area (Å²) < 4.78 is 19.5. The number of amides is 2. The maximum atomic E-state index is 13.6. The molecule has 5 nitrogen and oxygen atoms in total. The quantitative estimate of drug-likeness (QED) is 0.431. The number of hydrogen-bond acceptors (Lipinski definition) is 4. The topological polar surface area (TPSA) is 49.9 Å². The van der Waals surface area contributed by atoms with Crippen LogP contribution in [0, 0.1) is 18.7 Å². The van der Waals surface area contributed by atoms with Gasteiger partial charge in [-0.15, -0.1) is 11.3 Å². The molecule has 1 aliphatic carbocycles. The van der Waals surface area contributed by atoms with Crippen LogP contribution in [0.15, 0.2) is 60.0 Å². The summed E-state index contributed by atoms with van der Waals surface area (Å²) in [5.74, 6) is 0.494. The van der Waals surface area contributed by atoms with Crippen LogP contribution in [0.4, 0.5) is 4.39 Å². The lowest BCUT2D eigenvalue weighted by Gasteiger charge is -2.37. The first kappa shape index (κ1) is 23.5. The summed E-state index contributed by atoms with van der Waals surface area (Å²) in [6.45, 7) is 3.53. The fraction of sp³-hybridized carbons (Fsp3) is 0.357. The molecule has 0 bridgehead atoms. The van der Waals surface area contributed by atoms with E-state index >= 15 is 0 Å². The number of benzene rings is 2. The molecule has 3 aromatic rings. The number of thiophene rings is 1. The van der Waals surface area contributed by atoms with Gasteiger partial charge in [0.1, 0.15) is 24.7 Å². The molecule has 2 aliphatic rings. The van der Waals surface area contributed by atoms with Gasteiger partial charge in [-0.25, -0.2) is 4.39 Å². The minimum atomic E-state index is -0.386. The molecule has 0 saturated heterocycles. The van der Waals surface area contributed by atoms with Crippen molar-refractivity contribution in [1.82, 2.24) is 9.80 Å². The van der Waals surface area contributed by atoms with Gasteiger partial charge < -0.3 is 14.5 Å². The zero-order valence-corrected chi connectivity index (χ0v) is 20.6. The Labute approximate surface area is 209 Å². The average Bonchev–Trinajstić information content (AvgIpc) is 3.55. The van der Waals surface area contributed by atoms with Crippen molar-refractivity contribution in [1.29, 1.82) is 0 Å². The summed E-state index contributed by atoms with van der Waals surface area (Å²) in [4.78, 5) is 31.6. The second kappa shape index (κ2) is 10.2. The number of carbonyl (C=O) groups is 2. The summed E-state index contributed by atoms with van der Waals surface area (Å²) in [5, 5.41) is 2.06. The molecule has 1 atom stereocenters. The highest BCUT2D eigenvalue weighted by molar-refractivity contribution is 7.10. The largest absolute Gasteiger partial charge is 0.491 e. The zero-order chi connectivity index (χ0) is 24.4. The predicted octanol–water partition coefficient (Wildman–Crippen LogP) is 5.25. The monoisotopic (exact) mass is 492 g/mol. The molecule has 182 valence electrons. The van der Waals surface area contributed by atoms with Gasteiger partial charge in [0, 0.05) is 23.5 Å². The summed E-state index contributed by atoms with van der Waals surface area (Å²) in [7, 11) is 0. The van der Waals surface area contributed by atoms with Gasteiger partial charge in [-0.05, 0) is 85.5 Å². The van der Waals surface area contributed by atoms with E-state index in [2.05, 4.69) is 11.4 Å². The van der Waals surface area contributed by atoms with E-state index in [1.807, 2.05) is 36.1 Å². The Morgan fingerprint density at radius 1 is 1.09 bits per heavy atom. The third-order valence-electron chi connectivity index (χ3n) is 6.72. The van der Waals surface area contributed by atoms with E-state index in [9.17, 15) is 14.0 Å². The normalized spacial score (nSPS) is 17.1. The summed E-state index contributed by atoms with van der Waals surface area (Å²) >= 11 is 1.71. The van der Waals surface area contributed by atoms with Gasteiger partial charge in [-0.1, -0.05) is 17.7 Å². The molecule has 0 unspecified atom stereocenters. The first-order valence-corrected chi connectivity index (χ1v) is 13.0. The van der Waals surface area contributed by atoms with Crippen LogP contribution in [0.3, 0.4) is 0 Å². The summed E-state index contributed by atoms with van der Waals surface area (Å²) in [5.41, 5.74) is 2.69. The van der Waals surface area contributed by atoms with Gasteiger partial charge in [0.25, 0.3) is 5.91 Å². The second-order valence-electron chi connectivity index (χ2n) is 9.41. The smallest absolute Gasteiger partial charge is 0.254 e. The Bertz CT molecular complexity index is 1190. The van der Waals surface area contributed by atoms with E-state index < -0.39 is 0 Å². The zero-order valence-electron chi connectivity index (χ0n) is 19.8. The molecule has 1 saturated carbocycles. The highest BCUT2D eigenvalue weighted by Crippen LogP contribution is 2.35. The predicted molar refractivity (Wildman–Crippen MR) is 134 cm³/mol. The van der Waals surface area contributed by atoms with Crippen molar-refractivity contribution in [2.24, 2.45) is 5.92 Å². The number of ether oxygens (including phenoxy) is 1. The van der Waals surface area contributed by atoms with Gasteiger partial charge in [-0.2, -0.15) is 0 Å². The van der Waals surface area contributed by atoms with Crippen LogP contribution in [0.25, 0.3) is 0 Å². The van der Waals surface area contributed by atoms with Crippen molar-refractivity contribution in [3.05, 3.63) is 87.4 Å². The highest BCUT2D eigenvalue weighted by Gasteiger charge is 2.35. The number of carbonyl (C=O) groups excluding carboxylic acids is 2. The van der Waals surface area contributed by atoms with Crippen LogP contribution in [-0.2, 0) is 11.2 Å². The lowest BCUT2D eigenvalue weighted by atomic mass is 10.00. The number of hydrogen-bond donors (Lipinski definition) is 0. The Kier molecular flexibility index (Phi) is 6.86. The molecule has 0 radical (unpaired) electrons. The van der Waals surface area contributed by atoms with Crippen LogP contribution in [0.2, 0.25) is 0 Å². The Hall–Kier alpha value is -3.19. The van der Waals surface area contributed by atoms with Crippen LogP contribution in [0.5, 0.6) is 5.75 Å². The molecule has 5 rings (SSSR count). The van der Waals surface area contributed by atoms with E-state index in [-0.39, 0.29) is 30.2 Å². The first-order chi connectivity index (χ1) is 17.0. The molecule has 1 fully saturated rings. The maximum Gasteiger partial charge on any atom is 0.254 e. The van der Waals surface area contributed by atoms with E-state index in [0.717, 1.165) is 36.1 Å². The Morgan fingerprint density at radius 2 is 1.83 bits per heavy atom. The van der Waals surface area contributed by atoms with Crippen LogP contribution in [0.1, 0.15) is 45.2 Å². The van der Waals surface area contributed by atoms with Crippen molar-refractivity contribution in [3.63, 3.8) is 0 Å². The number of halogens is 1. The molecule has 0 N–H and O–H groups in total. The summed E-state index contributed by atoms with van der Waals surface area (Å²) in [6, 6.07) is 15.3. The Morgan fingerprint density at radius 3 is 2.54 bits per heavy atom. The third-order valence-corrected chi connectivity index (χ3v) is 7.72. The molecular formula is C28H29FN2O3S. The van der Waals surface area contributed by atoms with E-state index in [4.69, 9.17) is 4.74 Å². The lowest BCUT2D eigenvalue weighted by molar-refractivity contribution is -0.135. The van der Waals surface area contributed by atoms with Crippen molar-refractivity contribution < 1.29 is 18.7 Å². The van der Waals surface area contributed by atoms with Crippen molar-refractivity contribution >= 4 is 23.2 Å². The minimum absolute atomic E-state index is 0.00715. The first-order valence-electron chi connectivity index (χ1n) is 12.1. The van der Waals surface area contributed by atoms with Crippen LogP contribution >= 0.6 is 11.3 Å². The molecule has 1 aliphatic heterocycles. The van der Waals surface area contributed by atoms with E-state index in [1.165, 1.54) is 29.1 Å². The highest BCUT2D eigenvalue weighted by atomic mass is 32.1. The van der Waals surface area contributed by atoms with Crippen molar-refractivity contribution in [2.75, 3.05) is 26.2 Å². The standard InChI is InChI=1S/C28H29FN2O3S/c1-19-2-10-23(11-3-19)34-18-25-24-13-15-35-26(24)12-14-31(25)27(32)17-30(16-20-4-5-20)28(33)21-6-8-22(29)9-7-21/h2-3,6-11,13,15,20,25H,4-5,12,14,16-18H2,1H3/t25-/m1/s1. The van der Waals surface area contributed by atoms with Crippen LogP contribution < -0.4 is 4.74 Å². The molecule has 0 spiro atoms. The lowest BCUT2D eigenvalue weighted by Crippen LogP contribution is -2.48. The molecule has 2 aromatic carbocycles. The third kappa shape index (κ3) is 5.56.